The highest BCUT2D eigenvalue weighted by Gasteiger charge is 2.27. The first-order valence-electron chi connectivity index (χ1n) is 10.6. The van der Waals surface area contributed by atoms with E-state index < -0.39 is 5.91 Å². The zero-order valence-corrected chi connectivity index (χ0v) is 18.2. The molecular weight excluding hydrogens is 408 g/mol. The van der Waals surface area contributed by atoms with Gasteiger partial charge in [0.1, 0.15) is 5.82 Å². The molecule has 1 aliphatic rings. The number of ether oxygens (including phenoxy) is 1. The normalized spacial score (nSPS) is 14.2. The van der Waals surface area contributed by atoms with Crippen LogP contribution in [0.1, 0.15) is 24.1 Å². The first kappa shape index (κ1) is 21.5. The second kappa shape index (κ2) is 9.59. The van der Waals surface area contributed by atoms with E-state index in [1.54, 1.807) is 29.2 Å². The Hall–Kier alpha value is -3.75. The van der Waals surface area contributed by atoms with Crippen molar-refractivity contribution in [2.45, 2.75) is 26.7 Å². The number of hydrogen-bond donors (Lipinski definition) is 1. The van der Waals surface area contributed by atoms with Crippen LogP contribution in [0.3, 0.4) is 0 Å². The van der Waals surface area contributed by atoms with Gasteiger partial charge in [0.25, 0.3) is 5.91 Å². The maximum absolute atomic E-state index is 12.5. The van der Waals surface area contributed by atoms with Crippen molar-refractivity contribution in [3.05, 3.63) is 60.0 Å². The van der Waals surface area contributed by atoms with Gasteiger partial charge in [-0.15, -0.1) is 0 Å². The van der Waals surface area contributed by atoms with Gasteiger partial charge in [0.15, 0.2) is 6.61 Å². The van der Waals surface area contributed by atoms with Gasteiger partial charge in [-0.25, -0.2) is 14.6 Å². The lowest BCUT2D eigenvalue weighted by Gasteiger charge is -2.30. The van der Waals surface area contributed by atoms with Crippen molar-refractivity contribution in [2.24, 2.45) is 5.92 Å². The molecule has 0 bridgehead atoms. The Morgan fingerprint density at radius 3 is 2.47 bits per heavy atom. The van der Waals surface area contributed by atoms with E-state index in [-0.39, 0.29) is 18.5 Å². The van der Waals surface area contributed by atoms with Crippen LogP contribution >= 0.6 is 0 Å². The van der Waals surface area contributed by atoms with Crippen molar-refractivity contribution in [1.29, 1.82) is 0 Å². The Balaban J connectivity index is 1.28. The van der Waals surface area contributed by atoms with E-state index in [1.807, 2.05) is 43.0 Å². The predicted octanol–water partition coefficient (Wildman–Crippen LogP) is 2.68. The molecular formula is C23H26N6O3. The second-order valence-electron chi connectivity index (χ2n) is 7.88. The summed E-state index contributed by atoms with van der Waals surface area (Å²) in [5.41, 5.74) is 2.74. The zero-order valence-electron chi connectivity index (χ0n) is 18.2. The number of nitrogens with zero attached hydrogens (tertiary/aromatic N) is 5. The molecule has 1 N–H and O–H groups in total. The van der Waals surface area contributed by atoms with Gasteiger partial charge in [-0.05, 0) is 44.9 Å². The molecule has 4 rings (SSSR count). The first-order chi connectivity index (χ1) is 15.5. The summed E-state index contributed by atoms with van der Waals surface area (Å²) in [5, 5.41) is 7.23. The molecule has 3 aromatic rings. The molecule has 32 heavy (non-hydrogen) atoms. The molecule has 0 atom stereocenters. The molecule has 0 aliphatic carbocycles. The molecule has 9 heteroatoms. The smallest absolute Gasteiger partial charge is 0.309 e. The third-order valence-electron chi connectivity index (χ3n) is 5.39. The van der Waals surface area contributed by atoms with Gasteiger partial charge in [0, 0.05) is 31.5 Å². The minimum atomic E-state index is -0.401. The summed E-state index contributed by atoms with van der Waals surface area (Å²) < 4.78 is 6.96. The van der Waals surface area contributed by atoms with Gasteiger partial charge >= 0.3 is 5.97 Å². The fourth-order valence-corrected chi connectivity index (χ4v) is 3.67. The van der Waals surface area contributed by atoms with Crippen molar-refractivity contribution in [3.8, 4) is 5.69 Å². The van der Waals surface area contributed by atoms with Crippen LogP contribution in [0.5, 0.6) is 0 Å². The quantitative estimate of drug-likeness (QED) is 0.595. The largest absolute Gasteiger partial charge is 0.455 e. The number of aryl methyl sites for hydroxylation is 2. The summed E-state index contributed by atoms with van der Waals surface area (Å²) in [6.07, 6.45) is 4.68. The lowest BCUT2D eigenvalue weighted by molar-refractivity contribution is -0.152. The third kappa shape index (κ3) is 5.11. The van der Waals surface area contributed by atoms with Crippen LogP contribution in [0.25, 0.3) is 5.69 Å². The molecule has 9 nitrogen and oxygen atoms in total. The minimum Gasteiger partial charge on any atom is -0.455 e. The number of benzene rings is 1. The van der Waals surface area contributed by atoms with E-state index in [0.29, 0.717) is 37.7 Å². The first-order valence-corrected chi connectivity index (χ1v) is 10.6. The van der Waals surface area contributed by atoms with E-state index >= 15 is 0 Å². The van der Waals surface area contributed by atoms with Crippen molar-refractivity contribution < 1.29 is 14.3 Å². The number of hydrogen-bond acceptors (Lipinski definition) is 7. The molecule has 166 valence electrons. The topological polar surface area (TPSA) is 102 Å². The summed E-state index contributed by atoms with van der Waals surface area (Å²) in [6, 6.07) is 11.4. The van der Waals surface area contributed by atoms with E-state index in [9.17, 15) is 9.59 Å². The molecule has 0 unspecified atom stereocenters. The molecule has 1 saturated heterocycles. The van der Waals surface area contributed by atoms with Crippen LogP contribution in [-0.2, 0) is 14.3 Å². The number of esters is 1. The minimum absolute atomic E-state index is 0.233. The second-order valence-corrected chi connectivity index (χ2v) is 7.88. The average molecular weight is 435 g/mol. The van der Waals surface area contributed by atoms with Gasteiger partial charge in [0.05, 0.1) is 17.3 Å². The van der Waals surface area contributed by atoms with Gasteiger partial charge in [0.2, 0.25) is 5.95 Å². The van der Waals surface area contributed by atoms with Crippen LogP contribution < -0.4 is 10.2 Å². The number of amides is 1. The maximum Gasteiger partial charge on any atom is 0.309 e. The number of carbonyl (C=O) groups excluding carboxylic acids is 2. The maximum atomic E-state index is 12.5. The molecule has 1 fully saturated rings. The molecule has 2 aromatic heterocycles. The Morgan fingerprint density at radius 2 is 1.78 bits per heavy atom. The van der Waals surface area contributed by atoms with E-state index in [4.69, 9.17) is 4.74 Å². The molecule has 0 spiro atoms. The van der Waals surface area contributed by atoms with Gasteiger partial charge in [-0.3, -0.25) is 9.59 Å². The highest BCUT2D eigenvalue weighted by atomic mass is 16.5. The summed E-state index contributed by atoms with van der Waals surface area (Å²) in [5.74, 6) is 0.213. The summed E-state index contributed by atoms with van der Waals surface area (Å²) in [6.45, 7) is 4.87. The number of rotatable bonds is 6. The fraction of sp³-hybridized carbons (Fsp3) is 0.348. The van der Waals surface area contributed by atoms with Crippen LogP contribution in [0.4, 0.5) is 11.8 Å². The standard InChI is InChI=1S/C23H26N6O3/c1-16-4-6-19(7-5-16)29-20(14-17(2)27-29)26-21(30)15-32-22(31)18-8-12-28(13-9-18)23-24-10-3-11-25-23/h3-7,10-11,14,18H,8-9,12-13,15H2,1-2H3,(H,26,30). The van der Waals surface area contributed by atoms with Crippen molar-refractivity contribution in [1.82, 2.24) is 19.7 Å². The Kier molecular flexibility index (Phi) is 6.44. The lowest BCUT2D eigenvalue weighted by Crippen LogP contribution is -2.38. The molecule has 1 aromatic carbocycles. The SMILES string of the molecule is Cc1ccc(-n2nc(C)cc2NC(=O)COC(=O)C2CCN(c3ncccn3)CC2)cc1. The Labute approximate surface area is 186 Å². The van der Waals surface area contributed by atoms with Crippen LogP contribution in [0.15, 0.2) is 48.8 Å². The Bertz CT molecular complexity index is 1070. The molecule has 0 radical (unpaired) electrons. The van der Waals surface area contributed by atoms with Crippen molar-refractivity contribution in [3.63, 3.8) is 0 Å². The predicted molar refractivity (Wildman–Crippen MR) is 120 cm³/mol. The van der Waals surface area contributed by atoms with E-state index in [0.717, 1.165) is 16.9 Å². The molecule has 3 heterocycles. The van der Waals surface area contributed by atoms with E-state index in [1.165, 1.54) is 0 Å². The fourth-order valence-electron chi connectivity index (χ4n) is 3.67. The summed E-state index contributed by atoms with van der Waals surface area (Å²) >= 11 is 0. The summed E-state index contributed by atoms with van der Waals surface area (Å²) in [4.78, 5) is 35.4. The average Bonchev–Trinajstić information content (AvgIpc) is 3.18. The number of nitrogens with one attached hydrogen (secondary N) is 1. The number of anilines is 2. The lowest BCUT2D eigenvalue weighted by atomic mass is 9.97. The molecule has 1 amide bonds. The molecule has 0 saturated carbocycles. The van der Waals surface area contributed by atoms with Gasteiger partial charge < -0.3 is 15.0 Å². The van der Waals surface area contributed by atoms with Gasteiger partial charge in [-0.1, -0.05) is 17.7 Å². The van der Waals surface area contributed by atoms with Crippen LogP contribution in [0.2, 0.25) is 0 Å². The monoisotopic (exact) mass is 434 g/mol. The zero-order chi connectivity index (χ0) is 22.5. The van der Waals surface area contributed by atoms with E-state index in [2.05, 4.69) is 20.4 Å². The number of piperidine rings is 1. The van der Waals surface area contributed by atoms with Crippen LogP contribution in [0, 0.1) is 19.8 Å². The summed E-state index contributed by atoms with van der Waals surface area (Å²) in [7, 11) is 0. The third-order valence-corrected chi connectivity index (χ3v) is 5.39. The number of carbonyl (C=O) groups is 2. The Morgan fingerprint density at radius 1 is 1.09 bits per heavy atom. The highest BCUT2D eigenvalue weighted by molar-refractivity contribution is 5.92. The van der Waals surface area contributed by atoms with Crippen molar-refractivity contribution in [2.75, 3.05) is 29.9 Å². The highest BCUT2D eigenvalue weighted by Crippen LogP contribution is 2.22. The van der Waals surface area contributed by atoms with Crippen LogP contribution in [-0.4, -0.2) is 51.3 Å². The number of aromatic nitrogens is 4. The van der Waals surface area contributed by atoms with Crippen molar-refractivity contribution >= 4 is 23.6 Å². The molecule has 1 aliphatic heterocycles. The van der Waals surface area contributed by atoms with Gasteiger partial charge in [-0.2, -0.15) is 5.10 Å².